The van der Waals surface area contributed by atoms with Crippen LogP contribution in [0.1, 0.15) is 0 Å². The van der Waals surface area contributed by atoms with Crippen LogP contribution in [-0.4, -0.2) is 9.13 Å². The number of fused-ring (bicyclic) bond motifs is 6. The van der Waals surface area contributed by atoms with Crippen LogP contribution in [0.3, 0.4) is 0 Å². The molecule has 0 unspecified atom stereocenters. The molecular weight excluding hydrogens is 763 g/mol. The van der Waals surface area contributed by atoms with E-state index < -0.39 is 0 Å². The Morgan fingerprint density at radius 1 is 0.254 bits per heavy atom. The summed E-state index contributed by atoms with van der Waals surface area (Å²) in [6.07, 6.45) is 0. The number of anilines is 3. The molecule has 0 aliphatic carbocycles. The van der Waals surface area contributed by atoms with Crippen LogP contribution in [0, 0.1) is 0 Å². The maximum Gasteiger partial charge on any atom is 0.0547 e. The molecule has 10 aromatic carbocycles. The van der Waals surface area contributed by atoms with Crippen molar-refractivity contribution >= 4 is 60.7 Å². The average Bonchev–Trinajstić information content (AvgIpc) is 3.88. The second-order valence-electron chi connectivity index (χ2n) is 16.1. The summed E-state index contributed by atoms with van der Waals surface area (Å²) in [5, 5.41) is 5.01. The van der Waals surface area contributed by atoms with Gasteiger partial charge in [0.1, 0.15) is 0 Å². The van der Waals surface area contributed by atoms with E-state index in [2.05, 4.69) is 263 Å². The van der Waals surface area contributed by atoms with Gasteiger partial charge in [-0.05, 0) is 118 Å². The minimum absolute atomic E-state index is 1.11. The lowest BCUT2D eigenvalue weighted by Crippen LogP contribution is -2.09. The second kappa shape index (κ2) is 15.3. The zero-order valence-electron chi connectivity index (χ0n) is 34.5. The van der Waals surface area contributed by atoms with Crippen molar-refractivity contribution in [3.05, 3.63) is 249 Å². The molecule has 0 amide bonds. The number of hydrogen-bond donors (Lipinski definition) is 0. The van der Waals surface area contributed by atoms with E-state index in [1.54, 1.807) is 0 Å². The molecule has 0 spiro atoms. The van der Waals surface area contributed by atoms with E-state index in [0.717, 1.165) is 28.4 Å². The highest BCUT2D eigenvalue weighted by Crippen LogP contribution is 2.42. The first kappa shape index (κ1) is 36.5. The van der Waals surface area contributed by atoms with Gasteiger partial charge >= 0.3 is 0 Å². The fraction of sp³-hybridized carbons (Fsp3) is 0. The largest absolute Gasteiger partial charge is 0.311 e. The van der Waals surface area contributed by atoms with Crippen molar-refractivity contribution in [2.24, 2.45) is 0 Å². The molecule has 0 atom stereocenters. The lowest BCUT2D eigenvalue weighted by molar-refractivity contribution is 1.18. The lowest BCUT2D eigenvalue weighted by Gasteiger charge is -2.26. The van der Waals surface area contributed by atoms with Crippen LogP contribution in [0.2, 0.25) is 0 Å². The molecule has 2 heterocycles. The third kappa shape index (κ3) is 6.29. The van der Waals surface area contributed by atoms with E-state index in [1.165, 1.54) is 77.0 Å². The quantitative estimate of drug-likeness (QED) is 0.149. The van der Waals surface area contributed by atoms with Crippen LogP contribution in [0.15, 0.2) is 249 Å². The van der Waals surface area contributed by atoms with E-state index in [9.17, 15) is 0 Å². The Labute approximate surface area is 366 Å². The number of nitrogens with zero attached hydrogens (tertiary/aromatic N) is 3. The average molecular weight is 804 g/mol. The van der Waals surface area contributed by atoms with E-state index in [1.807, 2.05) is 0 Å². The molecular formula is C60H41N3. The van der Waals surface area contributed by atoms with Crippen LogP contribution in [0.4, 0.5) is 17.1 Å². The van der Waals surface area contributed by atoms with Crippen molar-refractivity contribution in [1.82, 2.24) is 9.13 Å². The van der Waals surface area contributed by atoms with Gasteiger partial charge in [0.15, 0.2) is 0 Å². The molecule has 2 aromatic heterocycles. The normalized spacial score (nSPS) is 11.5. The first-order valence-corrected chi connectivity index (χ1v) is 21.6. The van der Waals surface area contributed by atoms with Crippen molar-refractivity contribution in [2.45, 2.75) is 0 Å². The molecule has 0 fully saturated rings. The topological polar surface area (TPSA) is 13.1 Å². The number of aromatic nitrogens is 2. The fourth-order valence-corrected chi connectivity index (χ4v) is 9.60. The van der Waals surface area contributed by atoms with Crippen LogP contribution in [0.5, 0.6) is 0 Å². The number of benzene rings is 10. The van der Waals surface area contributed by atoms with E-state index in [4.69, 9.17) is 0 Å². The Balaban J connectivity index is 0.905. The fourth-order valence-electron chi connectivity index (χ4n) is 9.60. The summed E-state index contributed by atoms with van der Waals surface area (Å²) in [6, 6.07) is 89.9. The molecule has 0 aliphatic heterocycles. The zero-order chi connectivity index (χ0) is 41.7. The molecule has 0 aliphatic rings. The van der Waals surface area contributed by atoms with Crippen molar-refractivity contribution in [1.29, 1.82) is 0 Å². The molecule has 0 N–H and O–H groups in total. The number of para-hydroxylation sites is 4. The highest BCUT2D eigenvalue weighted by molar-refractivity contribution is 6.17. The van der Waals surface area contributed by atoms with Gasteiger partial charge in [0.2, 0.25) is 0 Å². The summed E-state index contributed by atoms with van der Waals surface area (Å²) in [4.78, 5) is 2.32. The Bertz CT molecular complexity index is 3570. The summed E-state index contributed by atoms with van der Waals surface area (Å²) < 4.78 is 4.82. The molecule has 63 heavy (non-hydrogen) atoms. The van der Waals surface area contributed by atoms with Gasteiger partial charge in [0.05, 0.1) is 22.1 Å². The summed E-state index contributed by atoms with van der Waals surface area (Å²) in [5.41, 5.74) is 17.6. The molecule has 12 rings (SSSR count). The number of hydrogen-bond acceptors (Lipinski definition) is 1. The minimum Gasteiger partial charge on any atom is -0.311 e. The first-order chi connectivity index (χ1) is 31.3. The van der Waals surface area contributed by atoms with Gasteiger partial charge < -0.3 is 14.0 Å². The minimum atomic E-state index is 1.11. The molecule has 3 heteroatoms. The Kier molecular flexibility index (Phi) is 8.83. The van der Waals surface area contributed by atoms with Gasteiger partial charge in [-0.3, -0.25) is 0 Å². The van der Waals surface area contributed by atoms with Gasteiger partial charge in [0, 0.05) is 50.0 Å². The summed E-state index contributed by atoms with van der Waals surface area (Å²) in [6.45, 7) is 0. The monoisotopic (exact) mass is 803 g/mol. The van der Waals surface area contributed by atoms with Crippen LogP contribution < -0.4 is 4.90 Å². The maximum atomic E-state index is 2.42. The van der Waals surface area contributed by atoms with Gasteiger partial charge in [0.25, 0.3) is 0 Å². The van der Waals surface area contributed by atoms with Gasteiger partial charge in [-0.1, -0.05) is 164 Å². The molecule has 0 saturated carbocycles. The zero-order valence-corrected chi connectivity index (χ0v) is 34.5. The number of rotatable bonds is 8. The Morgan fingerprint density at radius 3 is 1.33 bits per heavy atom. The summed E-state index contributed by atoms with van der Waals surface area (Å²) >= 11 is 0. The maximum absolute atomic E-state index is 2.42. The second-order valence-corrected chi connectivity index (χ2v) is 16.1. The predicted molar refractivity (Wildman–Crippen MR) is 266 cm³/mol. The lowest BCUT2D eigenvalue weighted by atomic mass is 9.98. The van der Waals surface area contributed by atoms with Crippen molar-refractivity contribution in [3.8, 4) is 44.8 Å². The highest BCUT2D eigenvalue weighted by Gasteiger charge is 2.19. The van der Waals surface area contributed by atoms with E-state index in [0.29, 0.717) is 0 Å². The Morgan fingerprint density at radius 2 is 0.683 bits per heavy atom. The molecule has 3 nitrogen and oxygen atoms in total. The standard InChI is InChI=1S/C60H41N3/c1-4-15-42(16-5-1)43-27-34-49(35-28-43)61(47-17-6-2-7-18-47)50-36-29-44(30-37-50)45-31-38-51(39-32-45)62-57-25-13-11-22-55(57)60-52(23-14-26-58(60)62)46-33-40-54-53-21-10-12-24-56(53)63(59(54)41-46)48-19-8-3-9-20-48/h1-41H. The molecule has 0 saturated heterocycles. The summed E-state index contributed by atoms with van der Waals surface area (Å²) in [5.74, 6) is 0. The van der Waals surface area contributed by atoms with Crippen molar-refractivity contribution in [3.63, 3.8) is 0 Å². The van der Waals surface area contributed by atoms with Crippen molar-refractivity contribution < 1.29 is 0 Å². The van der Waals surface area contributed by atoms with Crippen molar-refractivity contribution in [2.75, 3.05) is 4.90 Å². The van der Waals surface area contributed by atoms with Crippen LogP contribution in [0.25, 0.3) is 88.4 Å². The third-order valence-electron chi connectivity index (χ3n) is 12.5. The molecule has 0 radical (unpaired) electrons. The Hall–Kier alpha value is -8.40. The molecule has 296 valence electrons. The van der Waals surface area contributed by atoms with Gasteiger partial charge in [-0.15, -0.1) is 0 Å². The smallest absolute Gasteiger partial charge is 0.0547 e. The van der Waals surface area contributed by atoms with Gasteiger partial charge in [-0.25, -0.2) is 0 Å². The first-order valence-electron chi connectivity index (χ1n) is 21.6. The molecule has 0 bridgehead atoms. The van der Waals surface area contributed by atoms with Gasteiger partial charge in [-0.2, -0.15) is 0 Å². The van der Waals surface area contributed by atoms with E-state index >= 15 is 0 Å². The summed E-state index contributed by atoms with van der Waals surface area (Å²) in [7, 11) is 0. The van der Waals surface area contributed by atoms with Crippen LogP contribution in [-0.2, 0) is 0 Å². The van der Waals surface area contributed by atoms with E-state index in [-0.39, 0.29) is 0 Å². The predicted octanol–water partition coefficient (Wildman–Crippen LogP) is 16.4. The van der Waals surface area contributed by atoms with Crippen LogP contribution >= 0.6 is 0 Å². The molecule has 12 aromatic rings. The SMILES string of the molecule is c1ccc(-c2ccc(N(c3ccccc3)c3ccc(-c4ccc(-n5c6ccccc6c6c(-c7ccc8c9ccccc9n(-c9ccccc9)c8c7)cccc65)cc4)cc3)cc2)cc1. The third-order valence-corrected chi connectivity index (χ3v) is 12.5. The highest BCUT2D eigenvalue weighted by atomic mass is 15.1.